The zero-order valence-corrected chi connectivity index (χ0v) is 15.5. The van der Waals surface area contributed by atoms with Crippen molar-refractivity contribution < 1.29 is 23.8 Å². The highest BCUT2D eigenvalue weighted by atomic mass is 16.5. The number of hydrogen-bond acceptors (Lipinski definition) is 5. The molecular weight excluding hydrogens is 348 g/mol. The smallest absolute Gasteiger partial charge is 0.276 e. The predicted molar refractivity (Wildman–Crippen MR) is 101 cm³/mol. The molecule has 0 fully saturated rings. The maximum absolute atomic E-state index is 12.3. The van der Waals surface area contributed by atoms with Crippen molar-refractivity contribution in [3.05, 3.63) is 59.7 Å². The van der Waals surface area contributed by atoms with E-state index in [1.807, 2.05) is 32.0 Å². The van der Waals surface area contributed by atoms with Gasteiger partial charge in [0.25, 0.3) is 11.8 Å². The number of carbonyl (C=O) groups is 2. The minimum atomic E-state index is -0.481. The summed E-state index contributed by atoms with van der Waals surface area (Å²) in [6, 6.07) is 14.1. The molecule has 2 aromatic rings. The first-order valence-corrected chi connectivity index (χ1v) is 8.68. The van der Waals surface area contributed by atoms with Crippen LogP contribution in [0.4, 0.5) is 0 Å². The lowest BCUT2D eigenvalue weighted by molar-refractivity contribution is -0.123. The number of hydrazine groups is 1. The second kappa shape index (κ2) is 10.8. The Hall–Kier alpha value is -3.06. The van der Waals surface area contributed by atoms with Gasteiger partial charge in [0.15, 0.2) is 6.61 Å². The minimum Gasteiger partial charge on any atom is -0.490 e. The van der Waals surface area contributed by atoms with Crippen molar-refractivity contribution in [2.45, 2.75) is 13.8 Å². The summed E-state index contributed by atoms with van der Waals surface area (Å²) in [6.45, 7) is 4.97. The molecule has 0 aliphatic carbocycles. The van der Waals surface area contributed by atoms with E-state index in [0.717, 1.165) is 5.56 Å². The van der Waals surface area contributed by atoms with Gasteiger partial charge in [0.1, 0.15) is 18.1 Å². The van der Waals surface area contributed by atoms with Crippen LogP contribution in [-0.2, 0) is 9.53 Å². The van der Waals surface area contributed by atoms with Crippen LogP contribution >= 0.6 is 0 Å². The largest absolute Gasteiger partial charge is 0.490 e. The number of ether oxygens (including phenoxy) is 3. The Morgan fingerprint density at radius 1 is 0.963 bits per heavy atom. The van der Waals surface area contributed by atoms with Crippen molar-refractivity contribution in [3.63, 3.8) is 0 Å². The van der Waals surface area contributed by atoms with Crippen molar-refractivity contribution >= 4 is 11.8 Å². The van der Waals surface area contributed by atoms with Crippen LogP contribution in [0.5, 0.6) is 11.5 Å². The molecule has 7 heteroatoms. The molecule has 0 radical (unpaired) electrons. The van der Waals surface area contributed by atoms with E-state index in [9.17, 15) is 9.59 Å². The van der Waals surface area contributed by atoms with E-state index >= 15 is 0 Å². The van der Waals surface area contributed by atoms with E-state index < -0.39 is 11.8 Å². The quantitative estimate of drug-likeness (QED) is 0.521. The highest BCUT2D eigenvalue weighted by Gasteiger charge is 2.13. The van der Waals surface area contributed by atoms with Crippen molar-refractivity contribution in [1.29, 1.82) is 0 Å². The molecule has 0 saturated heterocycles. The maximum Gasteiger partial charge on any atom is 0.276 e. The Labute approximate surface area is 158 Å². The van der Waals surface area contributed by atoms with E-state index in [2.05, 4.69) is 10.9 Å². The highest BCUT2D eigenvalue weighted by Crippen LogP contribution is 2.17. The monoisotopic (exact) mass is 372 g/mol. The second-order valence-corrected chi connectivity index (χ2v) is 5.65. The third kappa shape index (κ3) is 6.99. The van der Waals surface area contributed by atoms with Gasteiger partial charge in [-0.1, -0.05) is 24.3 Å². The van der Waals surface area contributed by atoms with Gasteiger partial charge < -0.3 is 14.2 Å². The molecule has 144 valence electrons. The first-order valence-electron chi connectivity index (χ1n) is 8.68. The summed E-state index contributed by atoms with van der Waals surface area (Å²) >= 11 is 0. The second-order valence-electron chi connectivity index (χ2n) is 5.65. The molecule has 0 heterocycles. The predicted octanol–water partition coefficient (Wildman–Crippen LogP) is 2.25. The molecular formula is C20H24N2O5. The van der Waals surface area contributed by atoms with Gasteiger partial charge in [0.2, 0.25) is 0 Å². The summed E-state index contributed by atoms with van der Waals surface area (Å²) in [6.07, 6.45) is 0. The minimum absolute atomic E-state index is 0.212. The van der Waals surface area contributed by atoms with Gasteiger partial charge in [-0.15, -0.1) is 0 Å². The SMILES string of the molecule is CCOCCOc1ccccc1C(=O)NNC(=O)COc1cccc(C)c1. The van der Waals surface area contributed by atoms with Gasteiger partial charge in [0, 0.05) is 6.61 Å². The van der Waals surface area contributed by atoms with Gasteiger partial charge in [-0.3, -0.25) is 20.4 Å². The summed E-state index contributed by atoms with van der Waals surface area (Å²) < 4.78 is 16.2. The number of nitrogens with one attached hydrogen (secondary N) is 2. The zero-order valence-electron chi connectivity index (χ0n) is 15.5. The van der Waals surface area contributed by atoms with Crippen LogP contribution in [0.25, 0.3) is 0 Å². The molecule has 0 aromatic heterocycles. The summed E-state index contributed by atoms with van der Waals surface area (Å²) in [5.41, 5.74) is 6.03. The van der Waals surface area contributed by atoms with Gasteiger partial charge >= 0.3 is 0 Å². The number of para-hydroxylation sites is 1. The van der Waals surface area contributed by atoms with E-state index in [4.69, 9.17) is 14.2 Å². The third-order valence-corrected chi connectivity index (χ3v) is 3.50. The summed E-state index contributed by atoms with van der Waals surface area (Å²) in [4.78, 5) is 24.2. The Morgan fingerprint density at radius 2 is 1.78 bits per heavy atom. The molecule has 0 saturated carbocycles. The van der Waals surface area contributed by atoms with E-state index in [0.29, 0.717) is 36.9 Å². The third-order valence-electron chi connectivity index (χ3n) is 3.50. The lowest BCUT2D eigenvalue weighted by atomic mass is 10.2. The van der Waals surface area contributed by atoms with Crippen LogP contribution in [0, 0.1) is 6.92 Å². The van der Waals surface area contributed by atoms with Crippen molar-refractivity contribution in [2.24, 2.45) is 0 Å². The van der Waals surface area contributed by atoms with Crippen LogP contribution in [-0.4, -0.2) is 38.2 Å². The first-order chi connectivity index (χ1) is 13.1. The number of rotatable bonds is 9. The maximum atomic E-state index is 12.3. The number of carbonyl (C=O) groups excluding carboxylic acids is 2. The molecule has 0 atom stereocenters. The molecule has 0 spiro atoms. The van der Waals surface area contributed by atoms with Crippen LogP contribution in [0.3, 0.4) is 0 Å². The van der Waals surface area contributed by atoms with Gasteiger partial charge in [-0.25, -0.2) is 0 Å². The van der Waals surface area contributed by atoms with Gasteiger partial charge in [-0.05, 0) is 43.7 Å². The van der Waals surface area contributed by atoms with E-state index in [1.165, 1.54) is 0 Å². The fourth-order valence-electron chi connectivity index (χ4n) is 2.22. The average Bonchev–Trinajstić information content (AvgIpc) is 2.68. The molecule has 2 N–H and O–H groups in total. The standard InChI is InChI=1S/C20H24N2O5/c1-3-25-11-12-26-18-10-5-4-9-17(18)20(24)22-21-19(23)14-27-16-8-6-7-15(2)13-16/h4-10,13H,3,11-12,14H2,1-2H3,(H,21,23)(H,22,24). The van der Waals surface area contributed by atoms with Crippen molar-refractivity contribution in [2.75, 3.05) is 26.4 Å². The fourth-order valence-corrected chi connectivity index (χ4v) is 2.22. The van der Waals surface area contributed by atoms with E-state index in [1.54, 1.807) is 30.3 Å². The number of benzene rings is 2. The first kappa shape index (κ1) is 20.3. The molecule has 2 amide bonds. The molecule has 2 aromatic carbocycles. The van der Waals surface area contributed by atoms with Crippen LogP contribution in [0.2, 0.25) is 0 Å². The number of amides is 2. The van der Waals surface area contributed by atoms with Crippen LogP contribution in [0.1, 0.15) is 22.8 Å². The van der Waals surface area contributed by atoms with Crippen molar-refractivity contribution in [3.8, 4) is 11.5 Å². The molecule has 2 rings (SSSR count). The summed E-state index contributed by atoms with van der Waals surface area (Å²) in [7, 11) is 0. The molecule has 27 heavy (non-hydrogen) atoms. The highest BCUT2D eigenvalue weighted by molar-refractivity contribution is 5.97. The van der Waals surface area contributed by atoms with Crippen LogP contribution < -0.4 is 20.3 Å². The molecule has 0 aliphatic rings. The normalized spacial score (nSPS) is 10.1. The molecule has 0 aliphatic heterocycles. The molecule has 0 unspecified atom stereocenters. The molecule has 0 bridgehead atoms. The van der Waals surface area contributed by atoms with Crippen LogP contribution in [0.15, 0.2) is 48.5 Å². The lowest BCUT2D eigenvalue weighted by Gasteiger charge is -2.12. The average molecular weight is 372 g/mol. The Kier molecular flexibility index (Phi) is 8.12. The Morgan fingerprint density at radius 3 is 2.56 bits per heavy atom. The van der Waals surface area contributed by atoms with E-state index in [-0.39, 0.29) is 6.61 Å². The van der Waals surface area contributed by atoms with Crippen molar-refractivity contribution in [1.82, 2.24) is 10.9 Å². The Bertz CT molecular complexity index is 764. The lowest BCUT2D eigenvalue weighted by Crippen LogP contribution is -2.44. The topological polar surface area (TPSA) is 85.9 Å². The number of aryl methyl sites for hydroxylation is 1. The fraction of sp³-hybridized carbons (Fsp3) is 0.300. The van der Waals surface area contributed by atoms with Gasteiger partial charge in [0.05, 0.1) is 12.2 Å². The zero-order chi connectivity index (χ0) is 19.5. The summed E-state index contributed by atoms with van der Waals surface area (Å²) in [5.74, 6) is 0.0509. The number of hydrogen-bond donors (Lipinski definition) is 2. The van der Waals surface area contributed by atoms with Gasteiger partial charge in [-0.2, -0.15) is 0 Å². The Balaban J connectivity index is 1.81. The summed E-state index contributed by atoms with van der Waals surface area (Å²) in [5, 5.41) is 0. The molecule has 7 nitrogen and oxygen atoms in total.